The molecule has 1 aromatic rings. The van der Waals surface area contributed by atoms with Crippen molar-refractivity contribution in [1.29, 1.82) is 0 Å². The standard InChI is InChI=1S/C12H15N3O4/c1-8(16)7-14-10-3-9(5-12(17)13-2)4-11(6-10)15(18)19/h3-4,6,14H,5,7H2,1-2H3,(H,13,17). The van der Waals surface area contributed by atoms with Gasteiger partial charge in [-0.1, -0.05) is 0 Å². The Morgan fingerprint density at radius 2 is 2.00 bits per heavy atom. The number of rotatable bonds is 6. The second-order valence-corrected chi connectivity index (χ2v) is 4.05. The summed E-state index contributed by atoms with van der Waals surface area (Å²) in [5.74, 6) is -0.322. The van der Waals surface area contributed by atoms with E-state index in [0.29, 0.717) is 11.3 Å². The van der Waals surface area contributed by atoms with Crippen molar-refractivity contribution < 1.29 is 14.5 Å². The molecule has 19 heavy (non-hydrogen) atoms. The molecule has 0 aliphatic rings. The van der Waals surface area contributed by atoms with Crippen LogP contribution < -0.4 is 10.6 Å². The quantitative estimate of drug-likeness (QED) is 0.587. The first kappa shape index (κ1) is 14.6. The highest BCUT2D eigenvalue weighted by Gasteiger charge is 2.12. The van der Waals surface area contributed by atoms with Gasteiger partial charge in [-0.05, 0) is 18.6 Å². The van der Waals surface area contributed by atoms with Crippen LogP contribution in [-0.4, -0.2) is 30.2 Å². The molecule has 0 aromatic heterocycles. The lowest BCUT2D eigenvalue weighted by Gasteiger charge is -2.07. The highest BCUT2D eigenvalue weighted by molar-refractivity contribution is 5.81. The van der Waals surface area contributed by atoms with Crippen LogP contribution in [0, 0.1) is 10.1 Å². The number of likely N-dealkylation sites (N-methyl/N-ethyl adjacent to an activating group) is 1. The van der Waals surface area contributed by atoms with Gasteiger partial charge in [0.05, 0.1) is 17.9 Å². The molecule has 7 nitrogen and oxygen atoms in total. The van der Waals surface area contributed by atoms with E-state index in [1.54, 1.807) is 6.07 Å². The fourth-order valence-corrected chi connectivity index (χ4v) is 1.48. The van der Waals surface area contributed by atoms with Gasteiger partial charge in [0.25, 0.3) is 5.69 Å². The van der Waals surface area contributed by atoms with Gasteiger partial charge in [-0.3, -0.25) is 19.7 Å². The Morgan fingerprint density at radius 1 is 1.32 bits per heavy atom. The van der Waals surface area contributed by atoms with E-state index in [2.05, 4.69) is 10.6 Å². The molecule has 2 N–H and O–H groups in total. The maximum absolute atomic E-state index is 11.3. The maximum Gasteiger partial charge on any atom is 0.271 e. The first-order valence-electron chi connectivity index (χ1n) is 5.64. The van der Waals surface area contributed by atoms with Gasteiger partial charge >= 0.3 is 0 Å². The second-order valence-electron chi connectivity index (χ2n) is 4.05. The van der Waals surface area contributed by atoms with Crippen LogP contribution in [-0.2, 0) is 16.0 Å². The lowest BCUT2D eigenvalue weighted by atomic mass is 10.1. The molecule has 0 atom stereocenters. The molecule has 0 bridgehead atoms. The van der Waals surface area contributed by atoms with Gasteiger partial charge in [-0.2, -0.15) is 0 Å². The summed E-state index contributed by atoms with van der Waals surface area (Å²) in [7, 11) is 1.49. The van der Waals surface area contributed by atoms with Crippen LogP contribution in [0.4, 0.5) is 11.4 Å². The minimum Gasteiger partial charge on any atom is -0.378 e. The molecule has 0 saturated heterocycles. The SMILES string of the molecule is CNC(=O)Cc1cc(NCC(C)=O)cc([N+](=O)[O-])c1. The van der Waals surface area contributed by atoms with Crippen molar-refractivity contribution in [3.63, 3.8) is 0 Å². The van der Waals surface area contributed by atoms with Crippen molar-refractivity contribution in [2.45, 2.75) is 13.3 Å². The smallest absolute Gasteiger partial charge is 0.271 e. The zero-order valence-electron chi connectivity index (χ0n) is 10.7. The first-order valence-corrected chi connectivity index (χ1v) is 5.64. The van der Waals surface area contributed by atoms with Gasteiger partial charge in [-0.25, -0.2) is 0 Å². The van der Waals surface area contributed by atoms with E-state index in [0.717, 1.165) is 0 Å². The fraction of sp³-hybridized carbons (Fsp3) is 0.333. The van der Waals surface area contributed by atoms with Crippen LogP contribution in [0.3, 0.4) is 0 Å². The molecule has 1 rings (SSSR count). The molecule has 0 aliphatic heterocycles. The number of nitrogens with one attached hydrogen (secondary N) is 2. The minimum absolute atomic E-state index is 0.0485. The highest BCUT2D eigenvalue weighted by atomic mass is 16.6. The topological polar surface area (TPSA) is 101 Å². The lowest BCUT2D eigenvalue weighted by molar-refractivity contribution is -0.384. The van der Waals surface area contributed by atoms with E-state index >= 15 is 0 Å². The predicted molar refractivity (Wildman–Crippen MR) is 70.0 cm³/mol. The third-order valence-corrected chi connectivity index (χ3v) is 2.37. The van der Waals surface area contributed by atoms with Crippen LogP contribution in [0.2, 0.25) is 0 Å². The van der Waals surface area contributed by atoms with E-state index in [1.165, 1.54) is 26.1 Å². The first-order chi connectivity index (χ1) is 8.92. The van der Waals surface area contributed by atoms with Gasteiger partial charge in [0, 0.05) is 24.9 Å². The molecule has 102 valence electrons. The third kappa shape index (κ3) is 4.74. The number of non-ortho nitro benzene ring substituents is 1. The maximum atomic E-state index is 11.3. The van der Waals surface area contributed by atoms with E-state index in [9.17, 15) is 19.7 Å². The number of ketones is 1. The second kappa shape index (κ2) is 6.48. The molecular formula is C12H15N3O4. The number of carbonyl (C=O) groups is 2. The predicted octanol–water partition coefficient (Wildman–Crippen LogP) is 0.884. The fourth-order valence-electron chi connectivity index (χ4n) is 1.48. The summed E-state index contributed by atoms with van der Waals surface area (Å²) in [4.78, 5) is 32.4. The number of nitro groups is 1. The van der Waals surface area contributed by atoms with Gasteiger partial charge in [-0.15, -0.1) is 0 Å². The zero-order chi connectivity index (χ0) is 14.4. The number of nitrogens with zero attached hydrogens (tertiary/aromatic N) is 1. The van der Waals surface area contributed by atoms with Gasteiger partial charge in [0.2, 0.25) is 5.91 Å². The van der Waals surface area contributed by atoms with Crippen molar-refractivity contribution >= 4 is 23.1 Å². The van der Waals surface area contributed by atoms with Crippen LogP contribution in [0.15, 0.2) is 18.2 Å². The molecule has 1 amide bonds. The Hall–Kier alpha value is -2.44. The van der Waals surface area contributed by atoms with Crippen LogP contribution in [0.5, 0.6) is 0 Å². The van der Waals surface area contributed by atoms with E-state index in [-0.39, 0.29) is 30.3 Å². The molecule has 0 aliphatic carbocycles. The van der Waals surface area contributed by atoms with Crippen molar-refractivity contribution in [1.82, 2.24) is 5.32 Å². The van der Waals surface area contributed by atoms with Crippen molar-refractivity contribution in [2.24, 2.45) is 0 Å². The van der Waals surface area contributed by atoms with E-state index in [4.69, 9.17) is 0 Å². The Balaban J connectivity index is 2.99. The van der Waals surface area contributed by atoms with Gasteiger partial charge in [0.15, 0.2) is 0 Å². The third-order valence-electron chi connectivity index (χ3n) is 2.37. The number of nitro benzene ring substituents is 1. The van der Waals surface area contributed by atoms with Crippen LogP contribution in [0.25, 0.3) is 0 Å². The average molecular weight is 265 g/mol. The summed E-state index contributed by atoms with van der Waals surface area (Å²) in [6.45, 7) is 1.50. The molecule has 0 unspecified atom stereocenters. The largest absolute Gasteiger partial charge is 0.378 e. The highest BCUT2D eigenvalue weighted by Crippen LogP contribution is 2.21. The van der Waals surface area contributed by atoms with Crippen molar-refractivity contribution in [3.05, 3.63) is 33.9 Å². The Morgan fingerprint density at radius 3 is 2.53 bits per heavy atom. The zero-order valence-corrected chi connectivity index (χ0v) is 10.7. The van der Waals surface area contributed by atoms with Crippen molar-refractivity contribution in [2.75, 3.05) is 18.9 Å². The molecule has 7 heteroatoms. The van der Waals surface area contributed by atoms with Gasteiger partial charge < -0.3 is 10.6 Å². The summed E-state index contributed by atoms with van der Waals surface area (Å²) in [6.07, 6.45) is 0.0485. The summed E-state index contributed by atoms with van der Waals surface area (Å²) >= 11 is 0. The number of anilines is 1. The van der Waals surface area contributed by atoms with Crippen LogP contribution >= 0.6 is 0 Å². The summed E-state index contributed by atoms with van der Waals surface area (Å²) < 4.78 is 0. The molecular weight excluding hydrogens is 250 g/mol. The number of benzene rings is 1. The van der Waals surface area contributed by atoms with E-state index < -0.39 is 4.92 Å². The normalized spacial score (nSPS) is 9.79. The van der Waals surface area contributed by atoms with E-state index in [1.807, 2.05) is 0 Å². The molecule has 1 aromatic carbocycles. The molecule has 0 radical (unpaired) electrons. The summed E-state index contributed by atoms with van der Waals surface area (Å²) in [6, 6.07) is 4.29. The van der Waals surface area contributed by atoms with Gasteiger partial charge in [0.1, 0.15) is 5.78 Å². The number of amides is 1. The summed E-state index contributed by atoms with van der Waals surface area (Å²) in [5.41, 5.74) is 0.843. The number of hydrogen-bond donors (Lipinski definition) is 2. The number of hydrogen-bond acceptors (Lipinski definition) is 5. The number of Topliss-reactive ketones (excluding diaryl/α,β-unsaturated/α-hetero) is 1. The Bertz CT molecular complexity index is 514. The monoisotopic (exact) mass is 265 g/mol. The minimum atomic E-state index is -0.535. The average Bonchev–Trinajstić information content (AvgIpc) is 2.35. The molecule has 0 saturated carbocycles. The Kier molecular flexibility index (Phi) is 4.99. The Labute approximate surface area is 110 Å². The van der Waals surface area contributed by atoms with Crippen LogP contribution in [0.1, 0.15) is 12.5 Å². The van der Waals surface area contributed by atoms with Crippen molar-refractivity contribution in [3.8, 4) is 0 Å². The molecule has 0 fully saturated rings. The number of carbonyl (C=O) groups excluding carboxylic acids is 2. The lowest BCUT2D eigenvalue weighted by Crippen LogP contribution is -2.20. The molecule has 0 spiro atoms. The molecule has 0 heterocycles. The summed E-state index contributed by atoms with van der Waals surface area (Å²) in [5, 5.41) is 16.0.